The zero-order chi connectivity index (χ0) is 13.4. The molecular formula is C15H24N2OS. The number of ether oxygens (including phenoxy) is 1. The van der Waals surface area contributed by atoms with Crippen molar-refractivity contribution in [3.05, 3.63) is 21.4 Å². The fourth-order valence-electron chi connectivity index (χ4n) is 2.98. The molecular weight excluding hydrogens is 256 g/mol. The number of rotatable bonds is 4. The topological polar surface area (TPSA) is 24.5 Å². The Morgan fingerprint density at radius 2 is 2.21 bits per heavy atom. The molecule has 2 fully saturated rings. The lowest BCUT2D eigenvalue weighted by Gasteiger charge is -2.39. The highest BCUT2D eigenvalue weighted by atomic mass is 32.1. The van der Waals surface area contributed by atoms with Gasteiger partial charge in [-0.05, 0) is 45.4 Å². The molecule has 1 saturated heterocycles. The van der Waals surface area contributed by atoms with E-state index in [1.165, 1.54) is 28.2 Å². The Bertz CT molecular complexity index is 441. The molecule has 3 rings (SSSR count). The molecule has 1 aliphatic carbocycles. The second kappa shape index (κ2) is 5.52. The number of morpholine rings is 1. The molecule has 2 aliphatic rings. The molecule has 19 heavy (non-hydrogen) atoms. The van der Waals surface area contributed by atoms with Gasteiger partial charge in [0, 0.05) is 28.9 Å². The van der Waals surface area contributed by atoms with Gasteiger partial charge in [-0.15, -0.1) is 11.3 Å². The van der Waals surface area contributed by atoms with Crippen molar-refractivity contribution >= 4 is 11.3 Å². The molecule has 0 amide bonds. The Morgan fingerprint density at radius 3 is 2.84 bits per heavy atom. The average molecular weight is 280 g/mol. The highest BCUT2D eigenvalue weighted by Crippen LogP contribution is 2.34. The van der Waals surface area contributed by atoms with Crippen LogP contribution >= 0.6 is 11.3 Å². The van der Waals surface area contributed by atoms with E-state index in [9.17, 15) is 0 Å². The summed E-state index contributed by atoms with van der Waals surface area (Å²) in [6.45, 7) is 7.29. The van der Waals surface area contributed by atoms with Crippen LogP contribution in [0.3, 0.4) is 0 Å². The van der Waals surface area contributed by atoms with Crippen molar-refractivity contribution in [1.29, 1.82) is 0 Å². The molecule has 1 aliphatic heterocycles. The van der Waals surface area contributed by atoms with E-state index in [-0.39, 0.29) is 6.10 Å². The monoisotopic (exact) mass is 280 g/mol. The van der Waals surface area contributed by atoms with Crippen molar-refractivity contribution in [2.75, 3.05) is 26.7 Å². The number of nitrogens with one attached hydrogen (secondary N) is 1. The number of nitrogens with zero attached hydrogens (tertiary/aromatic N) is 1. The van der Waals surface area contributed by atoms with Crippen LogP contribution in [0.1, 0.15) is 34.2 Å². The van der Waals surface area contributed by atoms with Gasteiger partial charge in [-0.2, -0.15) is 0 Å². The number of likely N-dealkylation sites (N-methyl/N-ethyl adjacent to an activating group) is 1. The van der Waals surface area contributed by atoms with Crippen LogP contribution in [0.5, 0.6) is 0 Å². The van der Waals surface area contributed by atoms with Crippen molar-refractivity contribution in [3.8, 4) is 0 Å². The minimum absolute atomic E-state index is 0.284. The van der Waals surface area contributed by atoms with Crippen molar-refractivity contribution in [1.82, 2.24) is 10.2 Å². The lowest BCUT2D eigenvalue weighted by atomic mass is 9.98. The van der Waals surface area contributed by atoms with Crippen LogP contribution in [0.25, 0.3) is 0 Å². The molecule has 1 N–H and O–H groups in total. The maximum absolute atomic E-state index is 6.06. The Kier molecular flexibility index (Phi) is 3.94. The van der Waals surface area contributed by atoms with Gasteiger partial charge >= 0.3 is 0 Å². The highest BCUT2D eigenvalue weighted by molar-refractivity contribution is 7.12. The summed E-state index contributed by atoms with van der Waals surface area (Å²) in [6.07, 6.45) is 2.96. The zero-order valence-corrected chi connectivity index (χ0v) is 12.9. The number of thiophene rings is 1. The van der Waals surface area contributed by atoms with Crippen LogP contribution < -0.4 is 5.32 Å². The number of hydrogen-bond donors (Lipinski definition) is 1. The first-order chi connectivity index (χ1) is 9.15. The van der Waals surface area contributed by atoms with Gasteiger partial charge in [-0.1, -0.05) is 0 Å². The Balaban J connectivity index is 1.77. The minimum atomic E-state index is 0.284. The van der Waals surface area contributed by atoms with Gasteiger partial charge in [-0.3, -0.25) is 4.90 Å². The maximum Gasteiger partial charge on any atom is 0.0896 e. The van der Waals surface area contributed by atoms with Crippen molar-refractivity contribution in [2.45, 2.75) is 44.9 Å². The Morgan fingerprint density at radius 1 is 1.42 bits per heavy atom. The van der Waals surface area contributed by atoms with Crippen LogP contribution in [0, 0.1) is 13.8 Å². The van der Waals surface area contributed by atoms with Gasteiger partial charge in [-0.25, -0.2) is 0 Å². The first-order valence-corrected chi connectivity index (χ1v) is 8.09. The molecule has 2 heterocycles. The largest absolute Gasteiger partial charge is 0.374 e. The van der Waals surface area contributed by atoms with Gasteiger partial charge < -0.3 is 10.1 Å². The van der Waals surface area contributed by atoms with E-state index in [1.807, 2.05) is 11.3 Å². The van der Waals surface area contributed by atoms with Gasteiger partial charge in [0.25, 0.3) is 0 Å². The fraction of sp³-hybridized carbons (Fsp3) is 0.733. The third-order valence-corrected chi connectivity index (χ3v) is 5.17. The predicted molar refractivity (Wildman–Crippen MR) is 79.9 cm³/mol. The van der Waals surface area contributed by atoms with E-state index >= 15 is 0 Å². The summed E-state index contributed by atoms with van der Waals surface area (Å²) in [4.78, 5) is 5.30. The predicted octanol–water partition coefficient (Wildman–Crippen LogP) is 2.49. The fourth-order valence-corrected chi connectivity index (χ4v) is 3.95. The van der Waals surface area contributed by atoms with E-state index in [1.54, 1.807) is 0 Å². The molecule has 4 heteroatoms. The summed E-state index contributed by atoms with van der Waals surface area (Å²) in [5.74, 6) is 0. The smallest absolute Gasteiger partial charge is 0.0896 e. The minimum Gasteiger partial charge on any atom is -0.374 e. The quantitative estimate of drug-likeness (QED) is 0.917. The third-order valence-electron chi connectivity index (χ3n) is 4.19. The maximum atomic E-state index is 6.06. The van der Waals surface area contributed by atoms with Gasteiger partial charge in [0.05, 0.1) is 18.8 Å². The van der Waals surface area contributed by atoms with E-state index in [4.69, 9.17) is 4.74 Å². The van der Waals surface area contributed by atoms with Crippen LogP contribution in [0.2, 0.25) is 0 Å². The second-order valence-corrected chi connectivity index (χ2v) is 7.35. The summed E-state index contributed by atoms with van der Waals surface area (Å²) >= 11 is 1.90. The molecule has 1 aromatic heterocycles. The van der Waals surface area contributed by atoms with Crippen LogP contribution in [-0.4, -0.2) is 43.8 Å². The Labute approximate surface area is 119 Å². The summed E-state index contributed by atoms with van der Waals surface area (Å²) in [6, 6.07) is 3.51. The van der Waals surface area contributed by atoms with E-state index in [0.29, 0.717) is 6.04 Å². The molecule has 2 atom stereocenters. The zero-order valence-electron chi connectivity index (χ0n) is 12.1. The molecule has 3 nitrogen and oxygen atoms in total. The van der Waals surface area contributed by atoms with E-state index in [0.717, 1.165) is 25.7 Å². The van der Waals surface area contributed by atoms with Crippen molar-refractivity contribution in [3.63, 3.8) is 0 Å². The standard InChI is InChI=1S/C15H24N2OS/c1-10-8-13(11(2)19-10)15-14(9-16-12-4-5-12)18-7-6-17(15)3/h8,12,14-16H,4-7,9H2,1-3H3. The Hall–Kier alpha value is -0.420. The van der Waals surface area contributed by atoms with E-state index in [2.05, 4.69) is 37.2 Å². The molecule has 1 saturated carbocycles. The molecule has 106 valence electrons. The van der Waals surface area contributed by atoms with E-state index < -0.39 is 0 Å². The highest BCUT2D eigenvalue weighted by Gasteiger charge is 2.34. The molecule has 1 aromatic rings. The van der Waals surface area contributed by atoms with Crippen molar-refractivity contribution in [2.24, 2.45) is 0 Å². The molecule has 0 radical (unpaired) electrons. The number of aryl methyl sites for hydroxylation is 2. The first kappa shape index (κ1) is 13.6. The summed E-state index contributed by atoms with van der Waals surface area (Å²) < 4.78 is 6.06. The van der Waals surface area contributed by atoms with Gasteiger partial charge in [0.1, 0.15) is 0 Å². The average Bonchev–Trinajstić information content (AvgIpc) is 3.12. The van der Waals surface area contributed by atoms with Crippen molar-refractivity contribution < 1.29 is 4.74 Å². The molecule has 0 bridgehead atoms. The molecule has 0 spiro atoms. The van der Waals surface area contributed by atoms with Gasteiger partial charge in [0.15, 0.2) is 0 Å². The van der Waals surface area contributed by atoms with Crippen LogP contribution in [0.4, 0.5) is 0 Å². The number of hydrogen-bond acceptors (Lipinski definition) is 4. The van der Waals surface area contributed by atoms with Crippen LogP contribution in [0.15, 0.2) is 6.07 Å². The first-order valence-electron chi connectivity index (χ1n) is 7.27. The summed E-state index contributed by atoms with van der Waals surface area (Å²) in [7, 11) is 2.23. The SMILES string of the molecule is Cc1cc(C2C(CNC3CC3)OCCN2C)c(C)s1. The third kappa shape index (κ3) is 3.02. The molecule has 2 unspecified atom stereocenters. The van der Waals surface area contributed by atoms with Crippen LogP contribution in [-0.2, 0) is 4.74 Å². The molecule has 0 aromatic carbocycles. The lowest BCUT2D eigenvalue weighted by Crippen LogP contribution is -2.47. The lowest BCUT2D eigenvalue weighted by molar-refractivity contribution is -0.0615. The second-order valence-electron chi connectivity index (χ2n) is 5.89. The van der Waals surface area contributed by atoms with Gasteiger partial charge in [0.2, 0.25) is 0 Å². The normalized spacial score (nSPS) is 28.8. The summed E-state index contributed by atoms with van der Waals surface area (Å²) in [5, 5.41) is 3.62. The summed E-state index contributed by atoms with van der Waals surface area (Å²) in [5.41, 5.74) is 1.47.